The predicted molar refractivity (Wildman–Crippen MR) is 109 cm³/mol. The highest BCUT2D eigenvalue weighted by Gasteiger charge is 2.15. The number of methoxy groups -OCH3 is 1. The summed E-state index contributed by atoms with van der Waals surface area (Å²) in [7, 11) is 7.59. The lowest BCUT2D eigenvalue weighted by atomic mass is 10.1. The molecule has 5 nitrogen and oxygen atoms in total. The molecule has 0 fully saturated rings. The van der Waals surface area contributed by atoms with E-state index in [1.165, 1.54) is 5.56 Å². The molecule has 0 amide bonds. The number of rotatable bonds is 7. The maximum Gasteiger partial charge on any atom is 0.191 e. The number of hydrogen-bond donors (Lipinski definition) is 2. The molecule has 2 aromatic carbocycles. The summed E-state index contributed by atoms with van der Waals surface area (Å²) in [5.74, 6) is 1.62. The minimum absolute atomic E-state index is 0.194. The van der Waals surface area contributed by atoms with Crippen molar-refractivity contribution in [2.75, 3.05) is 34.8 Å². The first-order valence-corrected chi connectivity index (χ1v) is 8.90. The fraction of sp³-hybridized carbons (Fsp3) is 0.350. The molecular weight excluding hydrogens is 348 g/mol. The van der Waals surface area contributed by atoms with Gasteiger partial charge in [0.1, 0.15) is 5.75 Å². The van der Waals surface area contributed by atoms with Gasteiger partial charge >= 0.3 is 0 Å². The Balaban J connectivity index is 1.96. The fourth-order valence-electron chi connectivity index (χ4n) is 2.65. The third-order valence-corrected chi connectivity index (χ3v) is 4.41. The maximum atomic E-state index is 5.93. The van der Waals surface area contributed by atoms with Gasteiger partial charge in [-0.05, 0) is 49.5 Å². The molecule has 0 radical (unpaired) electrons. The van der Waals surface area contributed by atoms with Crippen LogP contribution in [0.1, 0.15) is 17.2 Å². The average molecular weight is 375 g/mol. The zero-order chi connectivity index (χ0) is 18.9. The molecule has 0 aromatic heterocycles. The van der Waals surface area contributed by atoms with Crippen LogP contribution in [0.15, 0.2) is 53.5 Å². The largest absolute Gasteiger partial charge is 0.497 e. The van der Waals surface area contributed by atoms with Crippen molar-refractivity contribution in [2.24, 2.45) is 4.99 Å². The van der Waals surface area contributed by atoms with Gasteiger partial charge in [-0.2, -0.15) is 0 Å². The van der Waals surface area contributed by atoms with E-state index >= 15 is 0 Å². The molecule has 0 aliphatic rings. The summed E-state index contributed by atoms with van der Waals surface area (Å²) < 4.78 is 5.34. The number of nitrogens with zero attached hydrogens (tertiary/aromatic N) is 2. The summed E-state index contributed by atoms with van der Waals surface area (Å²) in [5.41, 5.74) is 2.34. The maximum absolute atomic E-state index is 5.93. The van der Waals surface area contributed by atoms with Crippen LogP contribution in [-0.4, -0.2) is 45.7 Å². The van der Waals surface area contributed by atoms with E-state index in [2.05, 4.69) is 46.8 Å². The van der Waals surface area contributed by atoms with E-state index in [9.17, 15) is 0 Å². The molecule has 0 heterocycles. The van der Waals surface area contributed by atoms with Crippen LogP contribution in [-0.2, 0) is 6.54 Å². The number of likely N-dealkylation sites (N-methyl/N-ethyl adjacent to an activating group) is 1. The first-order chi connectivity index (χ1) is 12.5. The summed E-state index contributed by atoms with van der Waals surface area (Å²) >= 11 is 5.93. The first-order valence-electron chi connectivity index (χ1n) is 8.53. The molecule has 2 aromatic rings. The van der Waals surface area contributed by atoms with Crippen LogP contribution < -0.4 is 15.4 Å². The summed E-state index contributed by atoms with van der Waals surface area (Å²) in [6.07, 6.45) is 0. The van der Waals surface area contributed by atoms with E-state index < -0.39 is 0 Å². The molecule has 0 saturated heterocycles. The van der Waals surface area contributed by atoms with Gasteiger partial charge in [-0.1, -0.05) is 35.9 Å². The molecule has 1 atom stereocenters. The van der Waals surface area contributed by atoms with Crippen molar-refractivity contribution in [1.29, 1.82) is 0 Å². The molecule has 0 aliphatic heterocycles. The quantitative estimate of drug-likeness (QED) is 0.576. The van der Waals surface area contributed by atoms with Crippen LogP contribution in [0, 0.1) is 0 Å². The topological polar surface area (TPSA) is 48.9 Å². The average Bonchev–Trinajstić information content (AvgIpc) is 2.65. The molecule has 140 valence electrons. The lowest BCUT2D eigenvalue weighted by Gasteiger charge is -2.26. The molecule has 0 spiro atoms. The second-order valence-corrected chi connectivity index (χ2v) is 6.63. The SMILES string of the molecule is CN=C(NCc1ccc(Cl)cc1)NCC(c1cccc(OC)c1)N(C)C. The number of hydrogen-bond acceptors (Lipinski definition) is 3. The zero-order valence-electron chi connectivity index (χ0n) is 15.8. The Kier molecular flexibility index (Phi) is 7.75. The van der Waals surface area contributed by atoms with Crippen molar-refractivity contribution in [1.82, 2.24) is 15.5 Å². The van der Waals surface area contributed by atoms with Crippen molar-refractivity contribution < 1.29 is 4.74 Å². The van der Waals surface area contributed by atoms with Gasteiger partial charge in [-0.15, -0.1) is 0 Å². The van der Waals surface area contributed by atoms with Gasteiger partial charge in [0.25, 0.3) is 0 Å². The third-order valence-electron chi connectivity index (χ3n) is 4.16. The van der Waals surface area contributed by atoms with E-state index in [1.54, 1.807) is 14.2 Å². The number of ether oxygens (including phenoxy) is 1. The second kappa shape index (κ2) is 10.0. The lowest BCUT2D eigenvalue weighted by Crippen LogP contribution is -2.41. The third kappa shape index (κ3) is 5.93. The standard InChI is InChI=1S/C20H27ClN4O/c1-22-20(23-13-15-8-10-17(21)11-9-15)24-14-19(25(2)3)16-6-5-7-18(12-16)26-4/h5-12,19H,13-14H2,1-4H3,(H2,22,23,24). The van der Waals surface area contributed by atoms with E-state index in [0.717, 1.165) is 28.8 Å². The van der Waals surface area contributed by atoms with Crippen LogP contribution in [0.5, 0.6) is 5.75 Å². The number of nitrogens with one attached hydrogen (secondary N) is 2. The van der Waals surface area contributed by atoms with Crippen molar-refractivity contribution in [3.05, 3.63) is 64.7 Å². The Labute approximate surface area is 161 Å². The number of benzene rings is 2. The monoisotopic (exact) mass is 374 g/mol. The minimum Gasteiger partial charge on any atom is -0.497 e. The van der Waals surface area contributed by atoms with E-state index in [0.29, 0.717) is 6.54 Å². The Hall–Kier alpha value is -2.24. The molecule has 26 heavy (non-hydrogen) atoms. The molecule has 2 N–H and O–H groups in total. The van der Waals surface area contributed by atoms with Gasteiger partial charge in [0.15, 0.2) is 5.96 Å². The number of halogens is 1. The van der Waals surface area contributed by atoms with Crippen LogP contribution in [0.3, 0.4) is 0 Å². The number of guanidine groups is 1. The Morgan fingerprint density at radius 3 is 2.50 bits per heavy atom. The second-order valence-electron chi connectivity index (χ2n) is 6.19. The van der Waals surface area contributed by atoms with Crippen LogP contribution >= 0.6 is 11.6 Å². The highest BCUT2D eigenvalue weighted by Crippen LogP contribution is 2.22. The summed E-state index contributed by atoms with van der Waals surface area (Å²) in [5, 5.41) is 7.46. The summed E-state index contributed by atoms with van der Waals surface area (Å²) in [6, 6.07) is 16.1. The Morgan fingerprint density at radius 2 is 1.88 bits per heavy atom. The Morgan fingerprint density at radius 1 is 1.15 bits per heavy atom. The van der Waals surface area contributed by atoms with Gasteiger partial charge in [0.2, 0.25) is 0 Å². The molecule has 1 unspecified atom stereocenters. The molecule has 2 rings (SSSR count). The van der Waals surface area contributed by atoms with Crippen LogP contribution in [0.4, 0.5) is 0 Å². The van der Waals surface area contributed by atoms with Crippen molar-refractivity contribution in [3.63, 3.8) is 0 Å². The van der Waals surface area contributed by atoms with Gasteiger partial charge < -0.3 is 20.3 Å². The van der Waals surface area contributed by atoms with Gasteiger partial charge in [0.05, 0.1) is 13.2 Å². The van der Waals surface area contributed by atoms with Gasteiger partial charge in [-0.3, -0.25) is 4.99 Å². The van der Waals surface area contributed by atoms with E-state index in [1.807, 2.05) is 36.4 Å². The highest BCUT2D eigenvalue weighted by atomic mass is 35.5. The lowest BCUT2D eigenvalue weighted by molar-refractivity contribution is 0.297. The molecule has 0 aliphatic carbocycles. The molecular formula is C20H27ClN4O. The minimum atomic E-state index is 0.194. The van der Waals surface area contributed by atoms with Gasteiger partial charge in [0, 0.05) is 25.2 Å². The van der Waals surface area contributed by atoms with Crippen LogP contribution in [0.25, 0.3) is 0 Å². The van der Waals surface area contributed by atoms with E-state index in [-0.39, 0.29) is 6.04 Å². The summed E-state index contributed by atoms with van der Waals surface area (Å²) in [6.45, 7) is 1.41. The van der Waals surface area contributed by atoms with E-state index in [4.69, 9.17) is 16.3 Å². The first kappa shape index (κ1) is 20.1. The highest BCUT2D eigenvalue weighted by molar-refractivity contribution is 6.30. The molecule has 6 heteroatoms. The fourth-order valence-corrected chi connectivity index (χ4v) is 2.78. The molecule has 0 saturated carbocycles. The Bertz CT molecular complexity index is 716. The zero-order valence-corrected chi connectivity index (χ0v) is 16.5. The van der Waals surface area contributed by atoms with Gasteiger partial charge in [-0.25, -0.2) is 0 Å². The molecule has 0 bridgehead atoms. The van der Waals surface area contributed by atoms with Crippen molar-refractivity contribution >= 4 is 17.6 Å². The summed E-state index contributed by atoms with van der Waals surface area (Å²) in [4.78, 5) is 6.48. The number of aliphatic imine (C=N–C) groups is 1. The normalized spacial score (nSPS) is 12.8. The van der Waals surface area contributed by atoms with Crippen LogP contribution in [0.2, 0.25) is 5.02 Å². The predicted octanol–water partition coefficient (Wildman–Crippen LogP) is 3.32. The van der Waals surface area contributed by atoms with Crippen molar-refractivity contribution in [2.45, 2.75) is 12.6 Å². The smallest absolute Gasteiger partial charge is 0.191 e. The van der Waals surface area contributed by atoms with Crippen molar-refractivity contribution in [3.8, 4) is 5.75 Å².